The van der Waals surface area contributed by atoms with Crippen molar-refractivity contribution in [1.29, 1.82) is 0 Å². The number of hydrogen-bond donors (Lipinski definition) is 1. The molecule has 0 aromatic heterocycles. The van der Waals surface area contributed by atoms with Crippen LogP contribution in [-0.2, 0) is 6.42 Å². The van der Waals surface area contributed by atoms with Crippen LogP contribution in [0.2, 0.25) is 0 Å². The molecule has 1 aromatic rings. The van der Waals surface area contributed by atoms with Crippen LogP contribution in [0, 0.1) is 0 Å². The van der Waals surface area contributed by atoms with Gasteiger partial charge in [0.2, 0.25) is 0 Å². The first-order chi connectivity index (χ1) is 13.5. The van der Waals surface area contributed by atoms with Crippen molar-refractivity contribution < 1.29 is 18.2 Å². The summed E-state index contributed by atoms with van der Waals surface area (Å²) in [6.45, 7) is 8.38. The van der Waals surface area contributed by atoms with Crippen molar-refractivity contribution in [2.24, 2.45) is 0 Å². The number of nitrogens with zero attached hydrogens (tertiary/aromatic N) is 1. The molecule has 0 bridgehead atoms. The first-order valence-electron chi connectivity index (χ1n) is 9.61. The zero-order valence-corrected chi connectivity index (χ0v) is 17.9. The molecule has 156 valence electrons. The minimum absolute atomic E-state index is 0.0862. The summed E-state index contributed by atoms with van der Waals surface area (Å²) in [6, 6.07) is 3.67. The average molecular weight is 411 g/mol. The van der Waals surface area contributed by atoms with Crippen LogP contribution in [0.3, 0.4) is 0 Å². The van der Waals surface area contributed by atoms with Crippen LogP contribution in [0.4, 0.5) is 3.89 Å². The molecule has 0 saturated carbocycles. The minimum Gasteiger partial charge on any atom is -0.493 e. The molecule has 28 heavy (non-hydrogen) atoms. The summed E-state index contributed by atoms with van der Waals surface area (Å²) in [4.78, 5) is 15.3. The van der Waals surface area contributed by atoms with Crippen molar-refractivity contribution in [2.45, 2.75) is 38.1 Å². The van der Waals surface area contributed by atoms with Gasteiger partial charge in [-0.05, 0) is 56.8 Å². The summed E-state index contributed by atoms with van der Waals surface area (Å²) in [5, 5.41) is 3.08. The van der Waals surface area contributed by atoms with Crippen LogP contribution in [0.15, 0.2) is 24.8 Å². The molecule has 0 radical (unpaired) electrons. The monoisotopic (exact) mass is 410 g/mol. The minimum atomic E-state index is -0.191. The first kappa shape index (κ1) is 22.6. The third-order valence-corrected chi connectivity index (χ3v) is 5.80. The van der Waals surface area contributed by atoms with Gasteiger partial charge in [0, 0.05) is 36.5 Å². The Morgan fingerprint density at radius 3 is 2.86 bits per heavy atom. The molecule has 1 saturated heterocycles. The molecule has 1 atom stereocenters. The number of methoxy groups -OCH3 is 2. The summed E-state index contributed by atoms with van der Waals surface area (Å²) < 4.78 is 23.2. The summed E-state index contributed by atoms with van der Waals surface area (Å²) in [5.41, 5.74) is 1.29. The lowest BCUT2D eigenvalue weighted by molar-refractivity contribution is 0.0908. The largest absolute Gasteiger partial charge is 0.493 e. The lowest BCUT2D eigenvalue weighted by Gasteiger charge is -2.34. The summed E-state index contributed by atoms with van der Waals surface area (Å²) in [7, 11) is 3.08. The van der Waals surface area contributed by atoms with E-state index in [9.17, 15) is 8.68 Å². The van der Waals surface area contributed by atoms with Crippen LogP contribution < -0.4 is 14.8 Å². The number of carbonyl (C=O) groups is 1. The predicted octanol–water partition coefficient (Wildman–Crippen LogP) is 4.02. The van der Waals surface area contributed by atoms with Gasteiger partial charge in [0.15, 0.2) is 11.5 Å². The maximum atomic E-state index is 13.0. The van der Waals surface area contributed by atoms with Crippen LogP contribution >= 0.6 is 12.1 Å². The fourth-order valence-corrected chi connectivity index (χ4v) is 4.03. The number of likely N-dealkylation sites (tertiary alicyclic amines) is 1. The van der Waals surface area contributed by atoms with Gasteiger partial charge in [0.25, 0.3) is 5.91 Å². The van der Waals surface area contributed by atoms with E-state index in [1.807, 2.05) is 18.2 Å². The number of carbonyl (C=O) groups excluding carboxylic acids is 1. The highest BCUT2D eigenvalue weighted by Crippen LogP contribution is 2.34. The Kier molecular flexibility index (Phi) is 8.63. The quantitative estimate of drug-likeness (QED) is 0.441. The van der Waals surface area contributed by atoms with E-state index < -0.39 is 0 Å². The van der Waals surface area contributed by atoms with Gasteiger partial charge in [0.05, 0.1) is 19.8 Å². The van der Waals surface area contributed by atoms with Crippen LogP contribution in [0.5, 0.6) is 11.5 Å². The molecule has 0 unspecified atom stereocenters. The van der Waals surface area contributed by atoms with Crippen molar-refractivity contribution in [2.75, 3.05) is 39.6 Å². The Labute approximate surface area is 171 Å². The molecule has 1 amide bonds. The highest BCUT2D eigenvalue weighted by molar-refractivity contribution is 7.94. The lowest BCUT2D eigenvalue weighted by Crippen LogP contribution is -2.50. The Morgan fingerprint density at radius 1 is 1.43 bits per heavy atom. The van der Waals surface area contributed by atoms with Gasteiger partial charge in [-0.25, -0.2) is 0 Å². The summed E-state index contributed by atoms with van der Waals surface area (Å²) in [6.07, 6.45) is 5.40. The van der Waals surface area contributed by atoms with Crippen molar-refractivity contribution in [3.05, 3.63) is 35.9 Å². The van der Waals surface area contributed by atoms with Gasteiger partial charge in [-0.3, -0.25) is 9.69 Å². The van der Waals surface area contributed by atoms with E-state index in [4.69, 9.17) is 9.47 Å². The number of amides is 1. The Hall–Kier alpha value is -1.73. The molecule has 1 aliphatic rings. The molecule has 1 aromatic carbocycles. The van der Waals surface area contributed by atoms with Crippen molar-refractivity contribution in [3.63, 3.8) is 0 Å². The van der Waals surface area contributed by atoms with Crippen LogP contribution in [0.25, 0.3) is 0 Å². The van der Waals surface area contributed by atoms with Crippen molar-refractivity contribution in [3.8, 4) is 11.5 Å². The Bertz CT molecular complexity index is 686. The predicted molar refractivity (Wildman–Crippen MR) is 113 cm³/mol. The average Bonchev–Trinajstić information content (AvgIpc) is 3.06. The second kappa shape index (κ2) is 10.7. The maximum absolute atomic E-state index is 13.0. The van der Waals surface area contributed by atoms with Gasteiger partial charge in [-0.2, -0.15) is 3.89 Å². The number of aryl methyl sites for hydroxylation is 1. The van der Waals surface area contributed by atoms with Gasteiger partial charge in [0.1, 0.15) is 0 Å². The second-order valence-electron chi connectivity index (χ2n) is 7.31. The van der Waals surface area contributed by atoms with Gasteiger partial charge in [-0.15, -0.1) is 6.58 Å². The standard InChI is InChI=1S/C21H31FN2O3S/c1-5-10-24-11-7-9-21(24,2)15-23-20(25)17-13-16(8-6-12-28-22)14-18(26-3)19(17)27-4/h5,13-14H,1,6-12,15H2,2-4H3,(H,23,25)/t21-/m0/s1. The number of rotatable bonds is 11. The molecular weight excluding hydrogens is 379 g/mol. The molecule has 1 aliphatic heterocycles. The number of halogens is 1. The molecule has 1 N–H and O–H groups in total. The van der Waals surface area contributed by atoms with Crippen LogP contribution in [-0.4, -0.2) is 56.0 Å². The zero-order chi connectivity index (χ0) is 20.6. The molecule has 2 rings (SSSR count). The highest BCUT2D eigenvalue weighted by atomic mass is 32.2. The van der Waals surface area contributed by atoms with Gasteiger partial charge < -0.3 is 14.8 Å². The van der Waals surface area contributed by atoms with E-state index in [0.29, 0.717) is 54.3 Å². The molecule has 5 nitrogen and oxygen atoms in total. The highest BCUT2D eigenvalue weighted by Gasteiger charge is 2.36. The maximum Gasteiger partial charge on any atom is 0.255 e. The molecular formula is C21H31FN2O3S. The van der Waals surface area contributed by atoms with E-state index in [2.05, 4.69) is 23.7 Å². The Balaban J connectivity index is 2.18. The number of hydrogen-bond acceptors (Lipinski definition) is 5. The van der Waals surface area contributed by atoms with Gasteiger partial charge in [-0.1, -0.05) is 6.08 Å². The van der Waals surface area contributed by atoms with Gasteiger partial charge >= 0.3 is 0 Å². The first-order valence-corrected chi connectivity index (χ1v) is 10.5. The molecule has 7 heteroatoms. The SMILES string of the molecule is C=CCN1CCC[C@@]1(C)CNC(=O)c1cc(CCCSF)cc(OC)c1OC. The van der Waals surface area contributed by atoms with Crippen LogP contribution in [0.1, 0.15) is 42.1 Å². The summed E-state index contributed by atoms with van der Waals surface area (Å²) >= 11 is 0.328. The van der Waals surface area contributed by atoms with E-state index in [1.54, 1.807) is 7.11 Å². The smallest absolute Gasteiger partial charge is 0.255 e. The fraction of sp³-hybridized carbons (Fsp3) is 0.571. The molecule has 0 aliphatic carbocycles. The second-order valence-corrected chi connectivity index (χ2v) is 7.94. The topological polar surface area (TPSA) is 50.8 Å². The fourth-order valence-electron chi connectivity index (χ4n) is 3.78. The van der Waals surface area contributed by atoms with E-state index in [0.717, 1.165) is 31.5 Å². The van der Waals surface area contributed by atoms with Crippen molar-refractivity contribution >= 4 is 18.1 Å². The summed E-state index contributed by atoms with van der Waals surface area (Å²) in [5.74, 6) is 1.16. The molecule has 1 fully saturated rings. The number of benzene rings is 1. The van der Waals surface area contributed by atoms with Crippen molar-refractivity contribution in [1.82, 2.24) is 10.2 Å². The number of ether oxygens (including phenoxy) is 2. The number of nitrogens with one attached hydrogen (secondary N) is 1. The third-order valence-electron chi connectivity index (χ3n) is 5.36. The Morgan fingerprint density at radius 2 is 2.21 bits per heavy atom. The van der Waals surface area contributed by atoms with E-state index in [1.165, 1.54) is 7.11 Å². The zero-order valence-electron chi connectivity index (χ0n) is 17.1. The van der Waals surface area contributed by atoms with E-state index >= 15 is 0 Å². The lowest BCUT2D eigenvalue weighted by atomic mass is 9.98. The third kappa shape index (κ3) is 5.41. The normalized spacial score (nSPS) is 19.4. The molecule has 0 spiro atoms. The van der Waals surface area contributed by atoms with E-state index in [-0.39, 0.29) is 11.4 Å². The molecule has 1 heterocycles.